The van der Waals surface area contributed by atoms with Crippen LogP contribution in [0.2, 0.25) is 0 Å². The van der Waals surface area contributed by atoms with E-state index in [1.165, 1.54) is 57.8 Å². The topological polar surface area (TPSA) is 286 Å². The minimum Gasteiger partial charge on any atom is -0.459 e. The van der Waals surface area contributed by atoms with Crippen LogP contribution in [-0.2, 0) is 90.5 Å². The molecule has 19 fully saturated rings. The van der Waals surface area contributed by atoms with Gasteiger partial charge in [-0.3, -0.25) is 38.4 Å². The molecule has 0 spiro atoms. The van der Waals surface area contributed by atoms with E-state index in [1.807, 2.05) is 96.9 Å². The second-order valence-electron chi connectivity index (χ2n) is 41.9. The highest BCUT2D eigenvalue weighted by molar-refractivity contribution is 5.82. The molecule has 15 atom stereocenters. The lowest BCUT2D eigenvalue weighted by atomic mass is 9.49. The molecular weight excluding hydrogens is 1430 g/mol. The first-order valence-electron chi connectivity index (χ1n) is 44.4. The van der Waals surface area contributed by atoms with Crippen LogP contribution in [0.3, 0.4) is 0 Å². The fourth-order valence-corrected chi connectivity index (χ4v) is 23.3. The summed E-state index contributed by atoms with van der Waals surface area (Å²) in [6.45, 7) is 37.1. The molecule has 4 aliphatic heterocycles. The summed E-state index contributed by atoms with van der Waals surface area (Å²) in [7, 11) is 0. The van der Waals surface area contributed by atoms with E-state index in [4.69, 9.17) is 47.4 Å². The second-order valence-corrected chi connectivity index (χ2v) is 41.9. The van der Waals surface area contributed by atoms with Gasteiger partial charge in [-0.2, -0.15) is 0 Å². The summed E-state index contributed by atoms with van der Waals surface area (Å²) in [5.41, 5.74) is -4.21. The van der Waals surface area contributed by atoms with Gasteiger partial charge < -0.3 is 57.6 Å². The van der Waals surface area contributed by atoms with Crippen molar-refractivity contribution in [3.63, 3.8) is 0 Å². The minimum atomic E-state index is -0.652. The molecule has 16 bridgehead atoms. The van der Waals surface area contributed by atoms with Gasteiger partial charge in [-0.05, 0) is 309 Å². The highest BCUT2D eigenvalue weighted by atomic mass is 16.7. The Kier molecular flexibility index (Phi) is 26.0. The van der Waals surface area contributed by atoms with Gasteiger partial charge in [0.25, 0.3) is 0 Å². The third-order valence-electron chi connectivity index (χ3n) is 31.6. The van der Waals surface area contributed by atoms with Crippen molar-refractivity contribution in [1.82, 2.24) is 0 Å². The molecule has 0 aromatic carbocycles. The molecule has 15 saturated carbocycles. The van der Waals surface area contributed by atoms with Crippen molar-refractivity contribution in [3.05, 3.63) is 0 Å². The fourth-order valence-electron chi connectivity index (χ4n) is 23.3. The average Bonchev–Trinajstić information content (AvgIpc) is 1.20. The first kappa shape index (κ1) is 87.9. The SMILES string of the molecule is CCC(C)(C)C(=O)OC1(CC)C2CC3CC(C2)CC1C3.CCC(C)(C)C(=O)OC12CC3CC(CC(O)(C3)C1)C2.CCC(C)(C)C(=O)OC12CC3CC(CC(O)(C3)C1)C2.CCC(C)(C)C(=O)OCC(=O)OC1C2CC3C(=O)OC1C3O2.CCC(C)C(=O)OC1C2CC3C(=O)OC1C3C2.CCC1(OC(=O)C(C)(C)CC)CCCC1. The van der Waals surface area contributed by atoms with E-state index in [9.17, 15) is 53.4 Å². The van der Waals surface area contributed by atoms with Gasteiger partial charge in [-0.25, -0.2) is 4.79 Å². The Balaban J connectivity index is 0.000000133. The van der Waals surface area contributed by atoms with Crippen LogP contribution in [0, 0.1) is 104 Å². The lowest BCUT2D eigenvalue weighted by Gasteiger charge is -2.60. The summed E-state index contributed by atoms with van der Waals surface area (Å²) in [5, 5.41) is 21.3. The summed E-state index contributed by atoms with van der Waals surface area (Å²) in [6.07, 6.45) is 29.4. The molecule has 0 radical (unpaired) electrons. The number of hydrogen-bond donors (Lipinski definition) is 2. The smallest absolute Gasteiger partial charge is 0.344 e. The van der Waals surface area contributed by atoms with Crippen molar-refractivity contribution in [2.45, 2.75) is 407 Å². The van der Waals surface area contributed by atoms with Crippen LogP contribution in [0.1, 0.15) is 337 Å². The summed E-state index contributed by atoms with van der Waals surface area (Å²) < 4.78 is 56.0. The van der Waals surface area contributed by atoms with Crippen molar-refractivity contribution in [1.29, 1.82) is 0 Å². The third-order valence-corrected chi connectivity index (χ3v) is 31.6. The molecular formula is C91H144O21. The number of ether oxygens (including phenoxy) is 10. The van der Waals surface area contributed by atoms with Crippen molar-refractivity contribution < 1.29 is 101 Å². The van der Waals surface area contributed by atoms with E-state index in [1.54, 1.807) is 13.8 Å². The first-order valence-corrected chi connectivity index (χ1v) is 44.4. The van der Waals surface area contributed by atoms with E-state index in [0.29, 0.717) is 73.0 Å². The number of carbonyl (C=O) groups excluding carboxylic acids is 9. The summed E-state index contributed by atoms with van der Waals surface area (Å²) >= 11 is 0. The van der Waals surface area contributed by atoms with Gasteiger partial charge >= 0.3 is 53.7 Å². The van der Waals surface area contributed by atoms with Crippen LogP contribution >= 0.6 is 0 Å². The van der Waals surface area contributed by atoms with Crippen molar-refractivity contribution in [3.8, 4) is 0 Å². The van der Waals surface area contributed by atoms with Crippen LogP contribution in [0.4, 0.5) is 0 Å². The number of hydrogen-bond acceptors (Lipinski definition) is 21. The molecule has 19 aliphatic rings. The van der Waals surface area contributed by atoms with Gasteiger partial charge in [-0.15, -0.1) is 0 Å². The molecule has 15 unspecified atom stereocenters. The highest BCUT2D eigenvalue weighted by Gasteiger charge is 2.67. The van der Waals surface area contributed by atoms with Crippen LogP contribution < -0.4 is 0 Å². The molecule has 0 amide bonds. The predicted octanol–water partition coefficient (Wildman–Crippen LogP) is 16.5. The Labute approximate surface area is 669 Å². The lowest BCUT2D eigenvalue weighted by molar-refractivity contribution is -0.226. The third kappa shape index (κ3) is 18.2. The van der Waals surface area contributed by atoms with E-state index in [-0.39, 0.29) is 117 Å². The van der Waals surface area contributed by atoms with Crippen molar-refractivity contribution in [2.24, 2.45) is 104 Å². The van der Waals surface area contributed by atoms with Crippen LogP contribution in [0.15, 0.2) is 0 Å². The summed E-state index contributed by atoms with van der Waals surface area (Å²) in [4.78, 5) is 108. The van der Waals surface area contributed by atoms with Gasteiger partial charge in [0.2, 0.25) is 0 Å². The summed E-state index contributed by atoms with van der Waals surface area (Å²) in [5.74, 6) is 4.05. The molecule has 21 heteroatoms. The first-order chi connectivity index (χ1) is 52.3. The molecule has 15 aliphatic carbocycles. The number of carbonyl (C=O) groups is 9. The molecule has 0 aromatic heterocycles. The molecule has 112 heavy (non-hydrogen) atoms. The number of fused-ring (bicyclic) bond motifs is 2. The van der Waals surface area contributed by atoms with Crippen LogP contribution in [0.5, 0.6) is 0 Å². The zero-order valence-corrected chi connectivity index (χ0v) is 72.0. The van der Waals surface area contributed by atoms with Gasteiger partial charge in [0.1, 0.15) is 40.7 Å². The number of aliphatic hydroxyl groups is 2. The number of rotatable bonds is 22. The van der Waals surface area contributed by atoms with Crippen LogP contribution in [-0.4, -0.2) is 141 Å². The molecule has 4 saturated heterocycles. The summed E-state index contributed by atoms with van der Waals surface area (Å²) in [6, 6.07) is 0. The quantitative estimate of drug-likeness (QED) is 0.0752. The van der Waals surface area contributed by atoms with Crippen LogP contribution in [0.25, 0.3) is 0 Å². The molecule has 0 aromatic rings. The maximum Gasteiger partial charge on any atom is 0.344 e. The van der Waals surface area contributed by atoms with Gasteiger partial charge in [0.05, 0.1) is 62.1 Å². The Hall–Kier alpha value is -4.89. The van der Waals surface area contributed by atoms with Crippen molar-refractivity contribution in [2.75, 3.05) is 6.61 Å². The zero-order valence-electron chi connectivity index (χ0n) is 72.0. The van der Waals surface area contributed by atoms with E-state index >= 15 is 0 Å². The van der Waals surface area contributed by atoms with Gasteiger partial charge in [0.15, 0.2) is 18.8 Å². The van der Waals surface area contributed by atoms with Gasteiger partial charge in [-0.1, -0.05) is 62.3 Å². The Bertz CT molecular complexity index is 3290. The zero-order chi connectivity index (χ0) is 82.1. The maximum absolute atomic E-state index is 12.6. The van der Waals surface area contributed by atoms with Gasteiger partial charge in [0, 0.05) is 24.7 Å². The Morgan fingerprint density at radius 1 is 0.455 bits per heavy atom. The van der Waals surface area contributed by atoms with E-state index < -0.39 is 58.2 Å². The second kappa shape index (κ2) is 33.1. The van der Waals surface area contributed by atoms with E-state index in [0.717, 1.165) is 134 Å². The normalized spacial score (nSPS) is 39.0. The highest BCUT2D eigenvalue weighted by Crippen LogP contribution is 2.64. The Morgan fingerprint density at radius 2 is 0.875 bits per heavy atom. The molecule has 4 heterocycles. The maximum atomic E-state index is 12.6. The van der Waals surface area contributed by atoms with E-state index in [2.05, 4.69) is 20.8 Å². The fraction of sp³-hybridized carbons (Fsp3) is 0.901. The molecule has 634 valence electrons. The monoisotopic (exact) mass is 1570 g/mol. The lowest BCUT2D eigenvalue weighted by Crippen LogP contribution is -2.61. The molecule has 21 nitrogen and oxygen atoms in total. The average molecular weight is 1570 g/mol. The largest absolute Gasteiger partial charge is 0.459 e. The van der Waals surface area contributed by atoms with Crippen molar-refractivity contribution >= 4 is 53.7 Å². The Morgan fingerprint density at radius 3 is 1.30 bits per heavy atom. The number of esters is 9. The molecule has 19 rings (SSSR count). The molecule has 2 N–H and O–H groups in total. The standard InChI is InChI=1S/C18H30O2.2C16H26O3.C15H20O7.C13H18O4.C13H24O2/c1-5-17(3,4)16(19)20-18(6-2)14-8-12-7-13(10-14)11-15(18)9-12;2*1-4-14(2,3)13(17)19-16-8-11-5-12(9-16)7-15(18,6-11)10-16;1-4-15(2,3)14(18)19-6-9(16)21-11-8-5-7-10(20-8)12(11)22-13(7)17;1-3-6(2)12(14)16-10-7-4-8-9(5-7)13(15)17-11(8)10;1-5-12(3,4)11(14)15-13(6-2)9-7-8-10-13/h12-15H,5-11H2,1-4H3;2*11-12,18H,4-10H2,1-3H3;7-8,10-12H,4-6H2,1-3H3;6-11H,3-5H2,1-2H3;5-10H2,1-4H3. The minimum absolute atomic E-state index is 0.0197. The predicted molar refractivity (Wildman–Crippen MR) is 417 cm³/mol.